The fourth-order valence-electron chi connectivity index (χ4n) is 2.77. The summed E-state index contributed by atoms with van der Waals surface area (Å²) in [5.74, 6) is -0.383. The van der Waals surface area contributed by atoms with E-state index in [9.17, 15) is 18.3 Å². The number of rotatable bonds is 13. The lowest BCUT2D eigenvalue weighted by Gasteiger charge is -2.17. The number of carboxylic acid groups (broad SMARTS) is 1. The second-order valence-corrected chi connectivity index (χ2v) is 8.74. The van der Waals surface area contributed by atoms with Crippen LogP contribution in [0.5, 0.6) is 11.5 Å². The van der Waals surface area contributed by atoms with Gasteiger partial charge in [-0.25, -0.2) is 8.42 Å². The normalized spacial score (nSPS) is 12.6. The number of sulfone groups is 1. The number of hydrogen-bond acceptors (Lipinski definition) is 5. The highest BCUT2D eigenvalue weighted by atomic mass is 32.2. The van der Waals surface area contributed by atoms with Crippen LogP contribution in [0, 0.1) is 0 Å². The molecule has 1 rings (SSSR count). The van der Waals surface area contributed by atoms with Gasteiger partial charge < -0.3 is 14.6 Å². The van der Waals surface area contributed by atoms with Gasteiger partial charge in [0.1, 0.15) is 21.3 Å². The van der Waals surface area contributed by atoms with Crippen LogP contribution in [0.2, 0.25) is 0 Å². The van der Waals surface area contributed by atoms with Crippen molar-refractivity contribution in [2.75, 3.05) is 25.7 Å². The highest BCUT2D eigenvalue weighted by molar-refractivity contribution is 7.90. The van der Waals surface area contributed by atoms with Crippen LogP contribution >= 0.6 is 0 Å². The van der Waals surface area contributed by atoms with Crippen molar-refractivity contribution < 1.29 is 27.8 Å². The van der Waals surface area contributed by atoms with Gasteiger partial charge in [0.2, 0.25) is 0 Å². The number of carbonyl (C=O) groups is 1. The first-order valence-electron chi connectivity index (χ1n) is 8.99. The highest BCUT2D eigenvalue weighted by Gasteiger charge is 2.23. The molecule has 0 saturated carbocycles. The molecule has 0 aromatic heterocycles. The number of methoxy groups -OCH3 is 1. The molecule has 0 aliphatic carbocycles. The molecular weight excluding hydrogens is 356 g/mol. The molecule has 1 aromatic rings. The van der Waals surface area contributed by atoms with E-state index in [1.807, 2.05) is 0 Å². The zero-order valence-electron chi connectivity index (χ0n) is 15.9. The SMILES string of the molecule is CCCCCCC(C(=O)O)c1ccc(OCCCS(C)(=O)=O)cc1OC. The van der Waals surface area contributed by atoms with Gasteiger partial charge in [0.05, 0.1) is 25.4 Å². The number of benzene rings is 1. The Balaban J connectivity index is 2.77. The molecule has 1 unspecified atom stereocenters. The Labute approximate surface area is 156 Å². The summed E-state index contributed by atoms with van der Waals surface area (Å²) in [6, 6.07) is 5.10. The predicted molar refractivity (Wildman–Crippen MR) is 102 cm³/mol. The lowest BCUT2D eigenvalue weighted by atomic mass is 9.92. The Morgan fingerprint density at radius 2 is 1.92 bits per heavy atom. The van der Waals surface area contributed by atoms with Crippen LogP contribution in [0.1, 0.15) is 56.9 Å². The lowest BCUT2D eigenvalue weighted by molar-refractivity contribution is -0.139. The van der Waals surface area contributed by atoms with Crippen molar-refractivity contribution in [2.45, 2.75) is 51.4 Å². The molecule has 0 aliphatic heterocycles. The first-order chi connectivity index (χ1) is 12.3. The summed E-state index contributed by atoms with van der Waals surface area (Å²) < 4.78 is 33.2. The molecule has 0 bridgehead atoms. The first-order valence-corrected chi connectivity index (χ1v) is 11.1. The van der Waals surface area contributed by atoms with Gasteiger partial charge in [-0.2, -0.15) is 0 Å². The van der Waals surface area contributed by atoms with Crippen molar-refractivity contribution in [3.05, 3.63) is 23.8 Å². The molecule has 0 radical (unpaired) electrons. The monoisotopic (exact) mass is 386 g/mol. The number of ether oxygens (including phenoxy) is 2. The maximum absolute atomic E-state index is 11.7. The summed E-state index contributed by atoms with van der Waals surface area (Å²) in [7, 11) is -1.50. The number of carboxylic acids is 1. The molecule has 0 aliphatic rings. The van der Waals surface area contributed by atoms with Gasteiger partial charge in [0.25, 0.3) is 0 Å². The third-order valence-electron chi connectivity index (χ3n) is 4.15. The van der Waals surface area contributed by atoms with Crippen molar-refractivity contribution in [3.63, 3.8) is 0 Å². The molecule has 0 spiro atoms. The summed E-state index contributed by atoms with van der Waals surface area (Å²) in [5, 5.41) is 9.58. The summed E-state index contributed by atoms with van der Waals surface area (Å²) in [6.45, 7) is 2.39. The van der Waals surface area contributed by atoms with Crippen LogP contribution in [0.3, 0.4) is 0 Å². The largest absolute Gasteiger partial charge is 0.496 e. The average Bonchev–Trinajstić information content (AvgIpc) is 2.58. The molecule has 0 heterocycles. The molecule has 0 amide bonds. The van der Waals surface area contributed by atoms with Crippen molar-refractivity contribution in [3.8, 4) is 11.5 Å². The molecule has 6 nitrogen and oxygen atoms in total. The number of unbranched alkanes of at least 4 members (excludes halogenated alkanes) is 3. The van der Waals surface area contributed by atoms with E-state index in [4.69, 9.17) is 9.47 Å². The van der Waals surface area contributed by atoms with Gasteiger partial charge in [0.15, 0.2) is 0 Å². The van der Waals surface area contributed by atoms with Crippen molar-refractivity contribution in [2.24, 2.45) is 0 Å². The minimum Gasteiger partial charge on any atom is -0.496 e. The van der Waals surface area contributed by atoms with Crippen molar-refractivity contribution in [1.29, 1.82) is 0 Å². The summed E-state index contributed by atoms with van der Waals surface area (Å²) in [4.78, 5) is 11.7. The van der Waals surface area contributed by atoms with Gasteiger partial charge in [0, 0.05) is 17.9 Å². The molecular formula is C19H30O6S. The topological polar surface area (TPSA) is 89.9 Å². The van der Waals surface area contributed by atoms with E-state index >= 15 is 0 Å². The fourth-order valence-corrected chi connectivity index (χ4v) is 3.41. The Bertz CT molecular complexity index is 669. The van der Waals surface area contributed by atoms with Crippen LogP contribution in [0.25, 0.3) is 0 Å². The summed E-state index contributed by atoms with van der Waals surface area (Å²) >= 11 is 0. The van der Waals surface area contributed by atoms with Crippen LogP contribution < -0.4 is 9.47 Å². The summed E-state index contributed by atoms with van der Waals surface area (Å²) in [5.41, 5.74) is 0.639. The van der Waals surface area contributed by atoms with Crippen LogP contribution in [-0.2, 0) is 14.6 Å². The zero-order chi connectivity index (χ0) is 19.6. The minimum atomic E-state index is -3.00. The van der Waals surface area contributed by atoms with Gasteiger partial charge in [-0.15, -0.1) is 0 Å². The number of aliphatic carboxylic acids is 1. The second kappa shape index (κ2) is 11.1. The average molecular weight is 387 g/mol. The van der Waals surface area contributed by atoms with E-state index in [-0.39, 0.29) is 12.4 Å². The van der Waals surface area contributed by atoms with Crippen molar-refractivity contribution >= 4 is 15.8 Å². The van der Waals surface area contributed by atoms with E-state index in [1.165, 1.54) is 13.4 Å². The maximum Gasteiger partial charge on any atom is 0.311 e. The standard InChI is InChI=1S/C19H30O6S/c1-4-5-6-7-9-17(19(20)21)16-11-10-15(14-18(16)24-2)25-12-8-13-26(3,22)23/h10-11,14,17H,4-9,12-13H2,1-3H3,(H,20,21). The maximum atomic E-state index is 11.7. The molecule has 26 heavy (non-hydrogen) atoms. The van der Waals surface area contributed by atoms with Gasteiger partial charge in [-0.05, 0) is 18.9 Å². The summed E-state index contributed by atoms with van der Waals surface area (Å²) in [6.07, 6.45) is 6.24. The Morgan fingerprint density at radius 3 is 2.50 bits per heavy atom. The minimum absolute atomic E-state index is 0.0705. The Kier molecular flexibility index (Phi) is 9.48. The van der Waals surface area contributed by atoms with Gasteiger partial charge in [-0.1, -0.05) is 38.7 Å². The lowest BCUT2D eigenvalue weighted by Crippen LogP contribution is -2.13. The Morgan fingerprint density at radius 1 is 1.19 bits per heavy atom. The van der Waals surface area contributed by atoms with E-state index in [2.05, 4.69) is 6.92 Å². The fraction of sp³-hybridized carbons (Fsp3) is 0.632. The molecule has 1 aromatic carbocycles. The third-order valence-corrected chi connectivity index (χ3v) is 5.18. The van der Waals surface area contributed by atoms with E-state index in [1.54, 1.807) is 18.2 Å². The van der Waals surface area contributed by atoms with Crippen molar-refractivity contribution in [1.82, 2.24) is 0 Å². The van der Waals surface area contributed by atoms with Gasteiger partial charge in [-0.3, -0.25) is 4.79 Å². The quantitative estimate of drug-likeness (QED) is 0.521. The first kappa shape index (κ1) is 22.3. The molecule has 148 valence electrons. The molecule has 7 heteroatoms. The van der Waals surface area contributed by atoms with E-state index in [0.717, 1.165) is 25.7 Å². The molecule has 0 saturated heterocycles. The number of hydrogen-bond donors (Lipinski definition) is 1. The molecule has 0 fully saturated rings. The van der Waals surface area contributed by atoms with Crippen LogP contribution in [0.4, 0.5) is 0 Å². The van der Waals surface area contributed by atoms with E-state index in [0.29, 0.717) is 29.9 Å². The predicted octanol–water partition coefficient (Wildman–Crippen LogP) is 3.65. The Hall–Kier alpha value is -1.76. The second-order valence-electron chi connectivity index (χ2n) is 6.48. The highest BCUT2D eigenvalue weighted by Crippen LogP contribution is 2.34. The molecule has 1 atom stereocenters. The van der Waals surface area contributed by atoms with Crippen LogP contribution in [0.15, 0.2) is 18.2 Å². The van der Waals surface area contributed by atoms with E-state index < -0.39 is 21.7 Å². The van der Waals surface area contributed by atoms with Crippen LogP contribution in [-0.4, -0.2) is 45.2 Å². The molecule has 1 N–H and O–H groups in total. The van der Waals surface area contributed by atoms with Gasteiger partial charge >= 0.3 is 5.97 Å². The smallest absolute Gasteiger partial charge is 0.311 e. The third kappa shape index (κ3) is 8.08. The zero-order valence-corrected chi connectivity index (χ0v) is 16.7.